The predicted molar refractivity (Wildman–Crippen MR) is 114 cm³/mol. The second-order valence-corrected chi connectivity index (χ2v) is 7.77. The van der Waals surface area contributed by atoms with Crippen LogP contribution in [0.15, 0.2) is 36.5 Å². The van der Waals surface area contributed by atoms with Crippen molar-refractivity contribution >= 4 is 28.5 Å². The molecule has 0 aliphatic carbocycles. The Labute approximate surface area is 174 Å². The average molecular weight is 407 g/mol. The molecule has 1 fully saturated rings. The molecular weight excluding hydrogens is 382 g/mol. The van der Waals surface area contributed by atoms with Gasteiger partial charge in [0.15, 0.2) is 5.65 Å². The van der Waals surface area contributed by atoms with E-state index in [1.54, 1.807) is 39.9 Å². The van der Waals surface area contributed by atoms with Crippen LogP contribution < -0.4 is 5.32 Å². The molecule has 2 amide bonds. The summed E-state index contributed by atoms with van der Waals surface area (Å²) in [5.41, 5.74) is 2.87. The van der Waals surface area contributed by atoms with E-state index < -0.39 is 0 Å². The van der Waals surface area contributed by atoms with Crippen LogP contribution in [-0.4, -0.2) is 56.8 Å². The highest BCUT2D eigenvalue weighted by Gasteiger charge is 2.28. The summed E-state index contributed by atoms with van der Waals surface area (Å²) in [6, 6.07) is 8.83. The minimum absolute atomic E-state index is 0.0278. The third-order valence-corrected chi connectivity index (χ3v) is 5.24. The summed E-state index contributed by atoms with van der Waals surface area (Å²) < 4.78 is 7.41. The zero-order valence-electron chi connectivity index (χ0n) is 17.5. The number of carbonyl (C=O) groups excluding carboxylic acids is 2. The van der Waals surface area contributed by atoms with Gasteiger partial charge in [0.2, 0.25) is 0 Å². The highest BCUT2D eigenvalue weighted by Crippen LogP contribution is 2.22. The Morgan fingerprint density at radius 1 is 1.17 bits per heavy atom. The first-order valence-corrected chi connectivity index (χ1v) is 9.98. The molecule has 4 rings (SSSR count). The van der Waals surface area contributed by atoms with Crippen molar-refractivity contribution in [3.8, 4) is 0 Å². The smallest absolute Gasteiger partial charge is 0.257 e. The van der Waals surface area contributed by atoms with Crippen LogP contribution in [0.5, 0.6) is 0 Å². The van der Waals surface area contributed by atoms with E-state index in [1.165, 1.54) is 6.20 Å². The van der Waals surface area contributed by atoms with Gasteiger partial charge in [0.25, 0.3) is 11.8 Å². The molecule has 0 saturated carbocycles. The molecule has 1 aromatic carbocycles. The van der Waals surface area contributed by atoms with Crippen LogP contribution in [-0.2, 0) is 11.8 Å². The summed E-state index contributed by atoms with van der Waals surface area (Å²) in [4.78, 5) is 32.2. The number of hydrogen-bond acceptors (Lipinski definition) is 5. The molecule has 3 aromatic rings. The minimum Gasteiger partial charge on any atom is -0.372 e. The number of anilines is 1. The number of morpholine rings is 1. The number of ether oxygens (including phenoxy) is 1. The van der Waals surface area contributed by atoms with Crippen LogP contribution in [0.25, 0.3) is 11.0 Å². The van der Waals surface area contributed by atoms with Gasteiger partial charge in [0.05, 0.1) is 34.7 Å². The Hall–Kier alpha value is -3.26. The van der Waals surface area contributed by atoms with Crippen LogP contribution in [0.1, 0.15) is 40.3 Å². The molecule has 2 aromatic heterocycles. The number of fused-ring (bicyclic) bond motifs is 1. The molecule has 0 spiro atoms. The number of aromatic nitrogens is 3. The van der Waals surface area contributed by atoms with Crippen molar-refractivity contribution in [1.82, 2.24) is 19.7 Å². The molecule has 30 heavy (non-hydrogen) atoms. The summed E-state index contributed by atoms with van der Waals surface area (Å²) >= 11 is 0. The maximum atomic E-state index is 13.1. The van der Waals surface area contributed by atoms with E-state index in [4.69, 9.17) is 4.74 Å². The fourth-order valence-electron chi connectivity index (χ4n) is 3.92. The zero-order chi connectivity index (χ0) is 21.4. The molecule has 156 valence electrons. The Kier molecular flexibility index (Phi) is 5.26. The maximum Gasteiger partial charge on any atom is 0.257 e. The van der Waals surface area contributed by atoms with Crippen molar-refractivity contribution < 1.29 is 14.3 Å². The van der Waals surface area contributed by atoms with Gasteiger partial charge in [-0.3, -0.25) is 14.3 Å². The number of amides is 2. The van der Waals surface area contributed by atoms with Crippen molar-refractivity contribution in [3.63, 3.8) is 0 Å². The molecule has 0 bridgehead atoms. The normalized spacial score (nSPS) is 19.1. The largest absolute Gasteiger partial charge is 0.372 e. The summed E-state index contributed by atoms with van der Waals surface area (Å²) in [6.07, 6.45) is 1.47. The lowest BCUT2D eigenvalue weighted by atomic mass is 10.1. The summed E-state index contributed by atoms with van der Waals surface area (Å²) in [7, 11) is 1.82. The summed E-state index contributed by atoms with van der Waals surface area (Å²) in [5.74, 6) is -0.443. The number of nitrogens with zero attached hydrogens (tertiary/aromatic N) is 4. The molecule has 2 unspecified atom stereocenters. The van der Waals surface area contributed by atoms with E-state index in [0.29, 0.717) is 29.9 Å². The topological polar surface area (TPSA) is 89.3 Å². The second kappa shape index (κ2) is 7.87. The monoisotopic (exact) mass is 407 g/mol. The number of nitrogens with one attached hydrogen (secondary N) is 1. The standard InChI is InChI=1S/C22H25N5O3/c1-13-11-27(12-14(2)30-13)22(29)17-7-5-6-8-19(17)24-21(28)16-9-18-15(3)25-26(4)20(18)23-10-16/h5-10,13-14H,11-12H2,1-4H3,(H,24,28). The first-order chi connectivity index (χ1) is 14.3. The van der Waals surface area contributed by atoms with Gasteiger partial charge >= 0.3 is 0 Å². The number of rotatable bonds is 3. The van der Waals surface area contributed by atoms with Crippen LogP contribution in [0.3, 0.4) is 0 Å². The van der Waals surface area contributed by atoms with Crippen LogP contribution in [0, 0.1) is 6.92 Å². The van der Waals surface area contributed by atoms with Gasteiger partial charge in [0, 0.05) is 31.7 Å². The van der Waals surface area contributed by atoms with Crippen LogP contribution >= 0.6 is 0 Å². The highest BCUT2D eigenvalue weighted by molar-refractivity contribution is 6.09. The number of carbonyl (C=O) groups is 2. The highest BCUT2D eigenvalue weighted by atomic mass is 16.5. The van der Waals surface area contributed by atoms with Gasteiger partial charge in [0.1, 0.15) is 0 Å². The molecule has 3 heterocycles. The van der Waals surface area contributed by atoms with Crippen LogP contribution in [0.4, 0.5) is 5.69 Å². The molecule has 1 N–H and O–H groups in total. The van der Waals surface area contributed by atoms with E-state index >= 15 is 0 Å². The van der Waals surface area contributed by atoms with E-state index in [2.05, 4.69) is 15.4 Å². The van der Waals surface area contributed by atoms with Gasteiger partial charge in [-0.05, 0) is 39.0 Å². The van der Waals surface area contributed by atoms with E-state index in [0.717, 1.165) is 16.7 Å². The Bertz CT molecular complexity index is 1110. The van der Waals surface area contributed by atoms with Gasteiger partial charge in [-0.25, -0.2) is 4.98 Å². The molecule has 8 heteroatoms. The van der Waals surface area contributed by atoms with E-state index in [9.17, 15) is 9.59 Å². The third kappa shape index (κ3) is 3.78. The lowest BCUT2D eigenvalue weighted by molar-refractivity contribution is -0.0585. The zero-order valence-corrected chi connectivity index (χ0v) is 17.5. The first kappa shape index (κ1) is 20.0. The lowest BCUT2D eigenvalue weighted by Crippen LogP contribution is -2.48. The van der Waals surface area contributed by atoms with Crippen molar-refractivity contribution in [2.24, 2.45) is 7.05 Å². The molecule has 1 aliphatic rings. The Balaban J connectivity index is 1.59. The fraction of sp³-hybridized carbons (Fsp3) is 0.364. The van der Waals surface area contributed by atoms with Gasteiger partial charge in [-0.2, -0.15) is 5.10 Å². The summed E-state index contributed by atoms with van der Waals surface area (Å²) in [6.45, 7) is 6.82. The Morgan fingerprint density at radius 3 is 2.60 bits per heavy atom. The Morgan fingerprint density at radius 2 is 1.87 bits per heavy atom. The van der Waals surface area contributed by atoms with Gasteiger partial charge in [-0.15, -0.1) is 0 Å². The number of pyridine rings is 1. The van der Waals surface area contributed by atoms with E-state index in [1.807, 2.05) is 27.8 Å². The predicted octanol–water partition coefficient (Wildman–Crippen LogP) is 2.78. The average Bonchev–Trinajstić information content (AvgIpc) is 3.00. The first-order valence-electron chi connectivity index (χ1n) is 9.98. The van der Waals surface area contributed by atoms with Crippen molar-refractivity contribution in [1.29, 1.82) is 0 Å². The molecule has 1 saturated heterocycles. The lowest BCUT2D eigenvalue weighted by Gasteiger charge is -2.35. The number of aryl methyl sites for hydroxylation is 2. The maximum absolute atomic E-state index is 13.1. The second-order valence-electron chi connectivity index (χ2n) is 7.77. The number of hydrogen-bond donors (Lipinski definition) is 1. The van der Waals surface area contributed by atoms with Crippen molar-refractivity contribution in [2.45, 2.75) is 33.0 Å². The molecule has 8 nitrogen and oxygen atoms in total. The molecular formula is C22H25N5O3. The third-order valence-electron chi connectivity index (χ3n) is 5.24. The van der Waals surface area contributed by atoms with Gasteiger partial charge < -0.3 is 15.0 Å². The molecule has 2 atom stereocenters. The number of benzene rings is 1. The van der Waals surface area contributed by atoms with Gasteiger partial charge in [-0.1, -0.05) is 12.1 Å². The fourth-order valence-corrected chi connectivity index (χ4v) is 3.92. The minimum atomic E-state index is -0.323. The van der Waals surface area contributed by atoms with Crippen LogP contribution in [0.2, 0.25) is 0 Å². The molecule has 1 aliphatic heterocycles. The quantitative estimate of drug-likeness (QED) is 0.721. The van der Waals surface area contributed by atoms with Crippen molar-refractivity contribution in [2.75, 3.05) is 18.4 Å². The van der Waals surface area contributed by atoms with E-state index in [-0.39, 0.29) is 24.0 Å². The SMILES string of the molecule is Cc1nn(C)c2ncc(C(=O)Nc3ccccc3C(=O)N3CC(C)OC(C)C3)cc12. The molecule has 0 radical (unpaired) electrons. The van der Waals surface area contributed by atoms with Crippen molar-refractivity contribution in [3.05, 3.63) is 53.3 Å². The number of para-hydroxylation sites is 1. The summed E-state index contributed by atoms with van der Waals surface area (Å²) in [5, 5.41) is 8.04.